The van der Waals surface area contributed by atoms with Gasteiger partial charge in [-0.3, -0.25) is 4.79 Å². The highest BCUT2D eigenvalue weighted by atomic mass is 16.4. The Labute approximate surface area is 98.1 Å². The highest BCUT2D eigenvalue weighted by Crippen LogP contribution is 2.07. The number of aliphatic hydroxyl groups is 1. The number of anilines is 1. The standard InChI is InChI=1S/C11H14N2O4/c1-6(14)9(11(16)17)13-10(15)7-3-2-4-8(12)5-7/h2-6,9,14H,12H2,1H3,(H,13,15)(H,16,17)/t6-,9+/m1/s1. The van der Waals surface area contributed by atoms with Crippen molar-refractivity contribution >= 4 is 17.6 Å². The van der Waals surface area contributed by atoms with Gasteiger partial charge in [0.05, 0.1) is 6.10 Å². The average molecular weight is 238 g/mol. The number of rotatable bonds is 4. The van der Waals surface area contributed by atoms with E-state index in [1.807, 2.05) is 0 Å². The van der Waals surface area contributed by atoms with Gasteiger partial charge in [0.2, 0.25) is 0 Å². The number of amides is 1. The van der Waals surface area contributed by atoms with Gasteiger partial charge in [0.15, 0.2) is 6.04 Å². The van der Waals surface area contributed by atoms with Crippen LogP contribution in [0.5, 0.6) is 0 Å². The van der Waals surface area contributed by atoms with Crippen molar-refractivity contribution in [2.45, 2.75) is 19.1 Å². The van der Waals surface area contributed by atoms with Gasteiger partial charge in [0.25, 0.3) is 5.91 Å². The highest BCUT2D eigenvalue weighted by Gasteiger charge is 2.25. The van der Waals surface area contributed by atoms with Crippen LogP contribution in [0.1, 0.15) is 17.3 Å². The zero-order chi connectivity index (χ0) is 13.0. The van der Waals surface area contributed by atoms with Crippen molar-refractivity contribution < 1.29 is 19.8 Å². The summed E-state index contributed by atoms with van der Waals surface area (Å²) in [5.41, 5.74) is 6.15. The number of hydrogen-bond donors (Lipinski definition) is 4. The maximum atomic E-state index is 11.7. The molecule has 0 aliphatic carbocycles. The summed E-state index contributed by atoms with van der Waals surface area (Å²) in [6.45, 7) is 1.29. The first-order valence-corrected chi connectivity index (χ1v) is 4.99. The number of carboxylic acids is 1. The maximum Gasteiger partial charge on any atom is 0.328 e. The Morgan fingerprint density at radius 2 is 2.06 bits per heavy atom. The van der Waals surface area contributed by atoms with E-state index in [1.54, 1.807) is 12.1 Å². The molecule has 1 rings (SSSR count). The van der Waals surface area contributed by atoms with E-state index in [-0.39, 0.29) is 5.56 Å². The van der Waals surface area contributed by atoms with Crippen LogP contribution in [0.4, 0.5) is 5.69 Å². The minimum atomic E-state index is -1.34. The number of aliphatic carboxylic acids is 1. The Morgan fingerprint density at radius 3 is 2.53 bits per heavy atom. The molecule has 0 radical (unpaired) electrons. The van der Waals surface area contributed by atoms with Crippen molar-refractivity contribution in [3.8, 4) is 0 Å². The van der Waals surface area contributed by atoms with Crippen molar-refractivity contribution in [3.05, 3.63) is 29.8 Å². The number of carboxylic acid groups (broad SMARTS) is 1. The van der Waals surface area contributed by atoms with Gasteiger partial charge in [0.1, 0.15) is 0 Å². The zero-order valence-corrected chi connectivity index (χ0v) is 9.25. The third kappa shape index (κ3) is 3.46. The Balaban J connectivity index is 2.81. The topological polar surface area (TPSA) is 113 Å². The third-order valence-corrected chi connectivity index (χ3v) is 2.18. The molecule has 1 amide bonds. The van der Waals surface area contributed by atoms with E-state index in [4.69, 9.17) is 10.8 Å². The molecule has 6 heteroatoms. The second kappa shape index (κ2) is 5.31. The van der Waals surface area contributed by atoms with Crippen molar-refractivity contribution in [3.63, 3.8) is 0 Å². The lowest BCUT2D eigenvalue weighted by molar-refractivity contribution is -0.141. The van der Waals surface area contributed by atoms with Crippen LogP contribution in [0.25, 0.3) is 0 Å². The highest BCUT2D eigenvalue weighted by molar-refractivity contribution is 5.97. The van der Waals surface area contributed by atoms with Gasteiger partial charge in [-0.25, -0.2) is 4.79 Å². The van der Waals surface area contributed by atoms with Gasteiger partial charge in [0, 0.05) is 11.3 Å². The van der Waals surface area contributed by atoms with Gasteiger partial charge in [-0.1, -0.05) is 6.07 Å². The number of aliphatic hydroxyl groups excluding tert-OH is 1. The van der Waals surface area contributed by atoms with E-state index in [1.165, 1.54) is 19.1 Å². The molecule has 0 aromatic heterocycles. The predicted molar refractivity (Wildman–Crippen MR) is 61.4 cm³/mol. The number of hydrogen-bond acceptors (Lipinski definition) is 4. The van der Waals surface area contributed by atoms with E-state index in [0.717, 1.165) is 0 Å². The van der Waals surface area contributed by atoms with Crippen molar-refractivity contribution in [2.24, 2.45) is 0 Å². The monoisotopic (exact) mass is 238 g/mol. The van der Waals surface area contributed by atoms with Crippen LogP contribution in [0.3, 0.4) is 0 Å². The predicted octanol–water partition coefficient (Wildman–Crippen LogP) is -0.167. The molecule has 17 heavy (non-hydrogen) atoms. The smallest absolute Gasteiger partial charge is 0.328 e. The fraction of sp³-hybridized carbons (Fsp3) is 0.273. The van der Waals surface area contributed by atoms with Crippen LogP contribution < -0.4 is 11.1 Å². The van der Waals surface area contributed by atoms with Crippen LogP contribution in [-0.4, -0.2) is 34.2 Å². The lowest BCUT2D eigenvalue weighted by Gasteiger charge is -2.17. The average Bonchev–Trinajstić information content (AvgIpc) is 2.24. The number of carbonyl (C=O) groups is 2. The minimum Gasteiger partial charge on any atom is -0.480 e. The molecule has 6 nitrogen and oxygen atoms in total. The number of benzene rings is 1. The molecular weight excluding hydrogens is 224 g/mol. The first-order valence-electron chi connectivity index (χ1n) is 4.99. The Bertz CT molecular complexity index is 431. The summed E-state index contributed by atoms with van der Waals surface area (Å²) in [5.74, 6) is -1.89. The van der Waals surface area contributed by atoms with E-state index in [9.17, 15) is 14.7 Å². The summed E-state index contributed by atoms with van der Waals surface area (Å²) < 4.78 is 0. The second-order valence-corrected chi connectivity index (χ2v) is 3.66. The van der Waals surface area contributed by atoms with Gasteiger partial charge in [-0.2, -0.15) is 0 Å². The van der Waals surface area contributed by atoms with Crippen LogP contribution in [0.15, 0.2) is 24.3 Å². The molecule has 0 aliphatic rings. The van der Waals surface area contributed by atoms with Gasteiger partial charge in [-0.15, -0.1) is 0 Å². The Kier molecular flexibility index (Phi) is 4.06. The number of carbonyl (C=O) groups excluding carboxylic acids is 1. The van der Waals surface area contributed by atoms with Crippen LogP contribution >= 0.6 is 0 Å². The molecule has 92 valence electrons. The number of nitrogens with one attached hydrogen (secondary N) is 1. The lowest BCUT2D eigenvalue weighted by atomic mass is 10.1. The third-order valence-electron chi connectivity index (χ3n) is 2.18. The molecule has 1 aromatic carbocycles. The molecule has 0 unspecified atom stereocenters. The minimum absolute atomic E-state index is 0.247. The first-order chi connectivity index (χ1) is 7.91. The fourth-order valence-corrected chi connectivity index (χ4v) is 1.29. The molecule has 0 aliphatic heterocycles. The summed E-state index contributed by atoms with van der Waals surface area (Å²) in [7, 11) is 0. The van der Waals surface area contributed by atoms with Crippen LogP contribution in [0.2, 0.25) is 0 Å². The van der Waals surface area contributed by atoms with Crippen molar-refractivity contribution in [1.29, 1.82) is 0 Å². The molecular formula is C11H14N2O4. The molecule has 0 heterocycles. The van der Waals surface area contributed by atoms with Gasteiger partial charge < -0.3 is 21.3 Å². The molecule has 0 bridgehead atoms. The summed E-state index contributed by atoms with van der Waals surface area (Å²) in [4.78, 5) is 22.5. The molecule has 0 spiro atoms. The first kappa shape index (κ1) is 13.0. The van der Waals surface area contributed by atoms with Crippen LogP contribution in [0, 0.1) is 0 Å². The van der Waals surface area contributed by atoms with Gasteiger partial charge in [-0.05, 0) is 25.1 Å². The molecule has 0 saturated carbocycles. The SMILES string of the molecule is C[C@@H](O)[C@H](NC(=O)c1cccc(N)c1)C(=O)O. The summed E-state index contributed by atoms with van der Waals surface area (Å²) in [5, 5.41) is 20.2. The molecule has 0 saturated heterocycles. The second-order valence-electron chi connectivity index (χ2n) is 3.66. The fourth-order valence-electron chi connectivity index (χ4n) is 1.29. The zero-order valence-electron chi connectivity index (χ0n) is 9.25. The largest absolute Gasteiger partial charge is 0.480 e. The molecule has 5 N–H and O–H groups in total. The van der Waals surface area contributed by atoms with E-state index in [2.05, 4.69) is 5.32 Å². The Hall–Kier alpha value is -2.08. The van der Waals surface area contributed by atoms with Crippen LogP contribution in [-0.2, 0) is 4.79 Å². The quantitative estimate of drug-likeness (QED) is 0.544. The van der Waals surface area contributed by atoms with E-state index < -0.39 is 24.0 Å². The molecule has 2 atom stereocenters. The summed E-state index contributed by atoms with van der Waals surface area (Å²) in [6.07, 6.45) is -1.18. The van der Waals surface area contributed by atoms with Crippen molar-refractivity contribution in [1.82, 2.24) is 5.32 Å². The normalized spacial score (nSPS) is 13.8. The Morgan fingerprint density at radius 1 is 1.41 bits per heavy atom. The van der Waals surface area contributed by atoms with E-state index >= 15 is 0 Å². The molecule has 0 fully saturated rings. The molecule has 1 aromatic rings. The van der Waals surface area contributed by atoms with Crippen molar-refractivity contribution in [2.75, 3.05) is 5.73 Å². The lowest BCUT2D eigenvalue weighted by Crippen LogP contribution is -2.47. The van der Waals surface area contributed by atoms with Gasteiger partial charge >= 0.3 is 5.97 Å². The maximum absolute atomic E-state index is 11.7. The number of nitrogens with two attached hydrogens (primary N) is 1. The number of nitrogen functional groups attached to an aromatic ring is 1. The summed E-state index contributed by atoms with van der Waals surface area (Å²) >= 11 is 0. The summed E-state index contributed by atoms with van der Waals surface area (Å²) in [6, 6.07) is 4.79. The van der Waals surface area contributed by atoms with E-state index in [0.29, 0.717) is 5.69 Å².